The Hall–Kier alpha value is -1.40. The van der Waals surface area contributed by atoms with Gasteiger partial charge in [0.1, 0.15) is 0 Å². The second kappa shape index (κ2) is 3.84. The molecule has 0 N–H and O–H groups in total. The summed E-state index contributed by atoms with van der Waals surface area (Å²) in [5.74, 6) is 0. The van der Waals surface area contributed by atoms with Gasteiger partial charge in [-0.15, -0.1) is 4.91 Å². The summed E-state index contributed by atoms with van der Waals surface area (Å²) in [6.45, 7) is 0. The first-order chi connectivity index (χ1) is 5.77. The Morgan fingerprint density at radius 1 is 1.58 bits per heavy atom. The van der Waals surface area contributed by atoms with Crippen molar-refractivity contribution >= 4 is 11.6 Å². The van der Waals surface area contributed by atoms with Crippen LogP contribution in [0.1, 0.15) is 11.6 Å². The lowest BCUT2D eigenvalue weighted by molar-refractivity contribution is 0.916. The van der Waals surface area contributed by atoms with Gasteiger partial charge in [-0.1, -0.05) is 23.7 Å². The highest BCUT2D eigenvalue weighted by Crippen LogP contribution is 2.19. The van der Waals surface area contributed by atoms with Gasteiger partial charge in [0.25, 0.3) is 0 Å². The Bertz CT molecular complexity index is 332. The molecular formula is C8H5ClN2O. The van der Waals surface area contributed by atoms with E-state index in [1.165, 1.54) is 0 Å². The first kappa shape index (κ1) is 8.69. The van der Waals surface area contributed by atoms with Crippen LogP contribution >= 0.6 is 11.6 Å². The fourth-order valence-corrected chi connectivity index (χ4v) is 1.03. The first-order valence-corrected chi connectivity index (χ1v) is 3.63. The molecule has 0 amide bonds. The molecular weight excluding hydrogens is 176 g/mol. The quantitative estimate of drug-likeness (QED) is 0.657. The summed E-state index contributed by atoms with van der Waals surface area (Å²) < 4.78 is 0. The summed E-state index contributed by atoms with van der Waals surface area (Å²) in [5.41, 5.74) is 0.528. The van der Waals surface area contributed by atoms with Gasteiger partial charge in [0, 0.05) is 5.02 Å². The van der Waals surface area contributed by atoms with Crippen LogP contribution in [-0.4, -0.2) is 0 Å². The summed E-state index contributed by atoms with van der Waals surface area (Å²) in [6.07, 6.45) is 0. The van der Waals surface area contributed by atoms with Crippen LogP contribution < -0.4 is 0 Å². The van der Waals surface area contributed by atoms with Gasteiger partial charge in [-0.3, -0.25) is 0 Å². The van der Waals surface area contributed by atoms with Gasteiger partial charge in [-0.05, 0) is 22.9 Å². The van der Waals surface area contributed by atoms with Crippen LogP contribution in [-0.2, 0) is 0 Å². The third-order valence-electron chi connectivity index (χ3n) is 1.39. The minimum Gasteiger partial charge on any atom is -0.195 e. The Morgan fingerprint density at radius 3 is 2.83 bits per heavy atom. The molecule has 0 radical (unpaired) electrons. The van der Waals surface area contributed by atoms with Crippen molar-refractivity contribution in [2.24, 2.45) is 5.18 Å². The van der Waals surface area contributed by atoms with Crippen molar-refractivity contribution in [3.63, 3.8) is 0 Å². The van der Waals surface area contributed by atoms with Crippen molar-refractivity contribution in [3.8, 4) is 6.07 Å². The molecule has 1 aromatic carbocycles. The topological polar surface area (TPSA) is 53.2 Å². The molecule has 0 fully saturated rings. The van der Waals surface area contributed by atoms with Crippen molar-refractivity contribution < 1.29 is 0 Å². The van der Waals surface area contributed by atoms with Crippen LogP contribution in [0.5, 0.6) is 0 Å². The molecule has 1 unspecified atom stereocenters. The average molecular weight is 181 g/mol. The first-order valence-electron chi connectivity index (χ1n) is 3.25. The highest BCUT2D eigenvalue weighted by atomic mass is 35.5. The summed E-state index contributed by atoms with van der Waals surface area (Å²) >= 11 is 5.65. The Morgan fingerprint density at radius 2 is 2.33 bits per heavy atom. The van der Waals surface area contributed by atoms with E-state index < -0.39 is 6.04 Å². The summed E-state index contributed by atoms with van der Waals surface area (Å²) in [7, 11) is 0. The molecule has 4 heteroatoms. The van der Waals surface area contributed by atoms with Crippen LogP contribution in [0.2, 0.25) is 5.02 Å². The molecule has 1 rings (SSSR count). The lowest BCUT2D eigenvalue weighted by Gasteiger charge is -1.99. The number of nitriles is 1. The molecule has 0 aliphatic rings. The number of nitroso groups, excluding NO2 is 1. The molecule has 0 bridgehead atoms. The van der Waals surface area contributed by atoms with E-state index in [1.54, 1.807) is 30.3 Å². The Labute approximate surface area is 74.6 Å². The fourth-order valence-electron chi connectivity index (χ4n) is 0.836. The third-order valence-corrected chi connectivity index (χ3v) is 1.63. The molecule has 0 saturated carbocycles. The number of rotatable bonds is 2. The van der Waals surface area contributed by atoms with Crippen LogP contribution in [0.25, 0.3) is 0 Å². The van der Waals surface area contributed by atoms with E-state index in [-0.39, 0.29) is 0 Å². The molecule has 1 aromatic rings. The van der Waals surface area contributed by atoms with E-state index in [0.29, 0.717) is 10.6 Å². The predicted octanol–water partition coefficient (Wildman–Crippen LogP) is 2.67. The van der Waals surface area contributed by atoms with Crippen molar-refractivity contribution in [2.75, 3.05) is 0 Å². The SMILES string of the molecule is N#CC(N=O)c1cccc(Cl)c1. The van der Waals surface area contributed by atoms with E-state index in [1.807, 2.05) is 0 Å². The summed E-state index contributed by atoms with van der Waals surface area (Å²) in [5, 5.41) is 11.6. The van der Waals surface area contributed by atoms with Crippen LogP contribution in [0, 0.1) is 16.2 Å². The standard InChI is InChI=1S/C8H5ClN2O/c9-7-3-1-2-6(4-7)8(5-10)11-12/h1-4,8H. The van der Waals surface area contributed by atoms with Crippen LogP contribution in [0.3, 0.4) is 0 Å². The number of halogens is 1. The average Bonchev–Trinajstić information content (AvgIpc) is 2.07. The molecule has 0 aliphatic carbocycles. The number of hydrogen-bond donors (Lipinski definition) is 0. The molecule has 60 valence electrons. The van der Waals surface area contributed by atoms with E-state index in [9.17, 15) is 4.91 Å². The Kier molecular flexibility index (Phi) is 2.78. The highest BCUT2D eigenvalue weighted by molar-refractivity contribution is 6.30. The fraction of sp³-hybridized carbons (Fsp3) is 0.125. The monoisotopic (exact) mass is 180 g/mol. The molecule has 0 spiro atoms. The predicted molar refractivity (Wildman–Crippen MR) is 45.6 cm³/mol. The van der Waals surface area contributed by atoms with E-state index in [0.717, 1.165) is 0 Å². The van der Waals surface area contributed by atoms with Crippen molar-refractivity contribution in [2.45, 2.75) is 6.04 Å². The van der Waals surface area contributed by atoms with E-state index in [4.69, 9.17) is 16.9 Å². The van der Waals surface area contributed by atoms with Gasteiger partial charge < -0.3 is 0 Å². The summed E-state index contributed by atoms with van der Waals surface area (Å²) in [4.78, 5) is 10.1. The van der Waals surface area contributed by atoms with E-state index in [2.05, 4.69) is 5.18 Å². The Balaban J connectivity index is 3.03. The van der Waals surface area contributed by atoms with E-state index >= 15 is 0 Å². The minimum absolute atomic E-state index is 0.497. The third kappa shape index (κ3) is 1.80. The maximum absolute atomic E-state index is 10.1. The highest BCUT2D eigenvalue weighted by Gasteiger charge is 2.09. The molecule has 3 nitrogen and oxygen atoms in total. The van der Waals surface area contributed by atoms with Crippen molar-refractivity contribution in [1.82, 2.24) is 0 Å². The minimum atomic E-state index is -0.955. The zero-order chi connectivity index (χ0) is 8.97. The second-order valence-corrected chi connectivity index (χ2v) is 2.63. The van der Waals surface area contributed by atoms with Crippen LogP contribution in [0.4, 0.5) is 0 Å². The second-order valence-electron chi connectivity index (χ2n) is 2.19. The lowest BCUT2D eigenvalue weighted by atomic mass is 10.1. The van der Waals surface area contributed by atoms with Crippen molar-refractivity contribution in [3.05, 3.63) is 39.8 Å². The van der Waals surface area contributed by atoms with Gasteiger partial charge in [0.2, 0.25) is 6.04 Å². The van der Waals surface area contributed by atoms with Gasteiger partial charge in [-0.25, -0.2) is 0 Å². The molecule has 12 heavy (non-hydrogen) atoms. The number of hydrogen-bond acceptors (Lipinski definition) is 3. The van der Waals surface area contributed by atoms with Gasteiger partial charge in [-0.2, -0.15) is 5.26 Å². The zero-order valence-corrected chi connectivity index (χ0v) is 6.82. The molecule has 0 saturated heterocycles. The van der Waals surface area contributed by atoms with Crippen molar-refractivity contribution in [1.29, 1.82) is 5.26 Å². The number of nitrogens with zero attached hydrogens (tertiary/aromatic N) is 2. The lowest BCUT2D eigenvalue weighted by Crippen LogP contribution is -1.89. The zero-order valence-electron chi connectivity index (χ0n) is 6.07. The molecule has 1 atom stereocenters. The van der Waals surface area contributed by atoms with Crippen LogP contribution in [0.15, 0.2) is 29.4 Å². The summed E-state index contributed by atoms with van der Waals surface area (Å²) in [6, 6.07) is 7.34. The molecule has 0 heterocycles. The molecule has 0 aliphatic heterocycles. The smallest absolute Gasteiger partial charge is 0.195 e. The largest absolute Gasteiger partial charge is 0.203 e. The normalized spacial score (nSPS) is 11.7. The maximum Gasteiger partial charge on any atom is 0.203 e. The van der Waals surface area contributed by atoms with Gasteiger partial charge in [0.05, 0.1) is 6.07 Å². The van der Waals surface area contributed by atoms with Gasteiger partial charge >= 0.3 is 0 Å². The van der Waals surface area contributed by atoms with Gasteiger partial charge in [0.15, 0.2) is 0 Å². The molecule has 0 aromatic heterocycles. The number of benzene rings is 1. The maximum atomic E-state index is 10.1.